The SMILES string of the molecule is C=C[Si](c1ccccc1)(P(=O)(OCC)OCC)P(=O)(OCC)OCC. The van der Waals surface area contributed by atoms with Crippen LogP contribution in [0.25, 0.3) is 0 Å². The quantitative estimate of drug-likeness (QED) is 0.373. The van der Waals surface area contributed by atoms with Gasteiger partial charge in [-0.25, -0.2) is 0 Å². The minimum atomic E-state index is -3.86. The van der Waals surface area contributed by atoms with Crippen LogP contribution in [0.5, 0.6) is 0 Å². The molecule has 25 heavy (non-hydrogen) atoms. The Labute approximate surface area is 151 Å². The Bertz CT molecular complexity index is 587. The van der Waals surface area contributed by atoms with E-state index in [-0.39, 0.29) is 26.4 Å². The lowest BCUT2D eigenvalue weighted by Crippen LogP contribution is -2.48. The van der Waals surface area contributed by atoms with Crippen LogP contribution in [0.4, 0.5) is 0 Å². The Balaban J connectivity index is 3.84. The first-order valence-electron chi connectivity index (χ1n) is 8.38. The van der Waals surface area contributed by atoms with Gasteiger partial charge in [-0.2, -0.15) is 0 Å². The summed E-state index contributed by atoms with van der Waals surface area (Å²) in [6.07, 6.45) is 0. The molecular weight excluding hydrogens is 378 g/mol. The van der Waals surface area contributed by atoms with Crippen LogP contribution in [0.15, 0.2) is 42.6 Å². The van der Waals surface area contributed by atoms with Crippen molar-refractivity contribution in [1.82, 2.24) is 0 Å². The largest absolute Gasteiger partial charge is 0.378 e. The van der Waals surface area contributed by atoms with E-state index in [1.165, 1.54) is 5.70 Å². The van der Waals surface area contributed by atoms with Gasteiger partial charge in [0.05, 0.1) is 26.4 Å². The summed E-state index contributed by atoms with van der Waals surface area (Å²) >= 11 is 0. The Morgan fingerprint density at radius 2 is 1.20 bits per heavy atom. The summed E-state index contributed by atoms with van der Waals surface area (Å²) in [6.45, 7) is 11.3. The van der Waals surface area contributed by atoms with E-state index in [0.717, 1.165) is 0 Å². The fraction of sp³-hybridized carbons (Fsp3) is 0.500. The van der Waals surface area contributed by atoms with E-state index in [9.17, 15) is 9.13 Å². The third-order valence-electron chi connectivity index (χ3n) is 3.51. The van der Waals surface area contributed by atoms with Crippen molar-refractivity contribution >= 4 is 26.9 Å². The van der Waals surface area contributed by atoms with Crippen molar-refractivity contribution < 1.29 is 27.2 Å². The maximum absolute atomic E-state index is 13.9. The highest BCUT2D eigenvalue weighted by molar-refractivity contribution is 8.26. The number of hydrogen-bond acceptors (Lipinski definition) is 6. The lowest BCUT2D eigenvalue weighted by molar-refractivity contribution is 0.225. The first-order chi connectivity index (χ1) is 11.9. The highest BCUT2D eigenvalue weighted by Gasteiger charge is 2.68. The first kappa shape index (κ1) is 22.5. The van der Waals surface area contributed by atoms with E-state index in [4.69, 9.17) is 18.1 Å². The van der Waals surface area contributed by atoms with Crippen LogP contribution < -0.4 is 5.19 Å². The number of benzene rings is 1. The molecule has 0 N–H and O–H groups in total. The smallest absolute Gasteiger partial charge is 0.312 e. The lowest BCUT2D eigenvalue weighted by Gasteiger charge is -2.38. The average Bonchev–Trinajstić information content (AvgIpc) is 2.57. The molecule has 0 fully saturated rings. The average molecular weight is 406 g/mol. The van der Waals surface area contributed by atoms with Crippen LogP contribution in [-0.2, 0) is 27.2 Å². The molecule has 0 aromatic heterocycles. The summed E-state index contributed by atoms with van der Waals surface area (Å²) < 4.78 is 50.2. The van der Waals surface area contributed by atoms with E-state index in [1.807, 2.05) is 6.07 Å². The zero-order chi connectivity index (χ0) is 19.0. The second-order valence-electron chi connectivity index (χ2n) is 4.96. The molecule has 1 aromatic rings. The molecule has 0 aliphatic carbocycles. The first-order valence-corrected chi connectivity index (χ1v) is 15.2. The molecule has 1 aromatic carbocycles. The Hall–Kier alpha value is -0.523. The van der Waals surface area contributed by atoms with Crippen molar-refractivity contribution in [3.63, 3.8) is 0 Å². The molecule has 0 spiro atoms. The molecule has 1 rings (SSSR count). The predicted octanol–water partition coefficient (Wildman–Crippen LogP) is 4.59. The fourth-order valence-corrected chi connectivity index (χ4v) is 21.0. The van der Waals surface area contributed by atoms with Crippen molar-refractivity contribution in [2.24, 2.45) is 0 Å². The number of rotatable bonds is 12. The van der Waals surface area contributed by atoms with Gasteiger partial charge in [0.15, 0.2) is 0 Å². The number of hydrogen-bond donors (Lipinski definition) is 0. The molecule has 0 atom stereocenters. The minimum Gasteiger partial charge on any atom is -0.312 e. The standard InChI is InChI=1S/C16H28O6P2Si/c1-6-19-23(17,20-7-2)25(10-5,16-14-12-11-13-15-16)24(18,21-8-3)22-9-4/h10-15H,5-9H2,1-4H3. The molecule has 0 saturated heterocycles. The summed E-state index contributed by atoms with van der Waals surface area (Å²) in [5, 5.41) is 0.584. The van der Waals surface area contributed by atoms with Gasteiger partial charge < -0.3 is 18.1 Å². The molecule has 0 radical (unpaired) electrons. The highest BCUT2D eigenvalue weighted by Crippen LogP contribution is 2.74. The molecule has 0 heterocycles. The maximum Gasteiger partial charge on any atom is 0.378 e. The third kappa shape index (κ3) is 4.25. The fourth-order valence-electron chi connectivity index (χ4n) is 2.64. The topological polar surface area (TPSA) is 71.1 Å². The molecule has 0 unspecified atom stereocenters. The normalized spacial score (nSPS) is 13.0. The van der Waals surface area contributed by atoms with Crippen LogP contribution in [0.3, 0.4) is 0 Å². The summed E-state index contributed by atoms with van der Waals surface area (Å²) in [4.78, 5) is 0. The molecule has 0 aliphatic heterocycles. The molecular formula is C16H28O6P2Si. The predicted molar refractivity (Wildman–Crippen MR) is 104 cm³/mol. The zero-order valence-electron chi connectivity index (χ0n) is 15.3. The Kier molecular flexibility index (Phi) is 8.99. The monoisotopic (exact) mass is 406 g/mol. The van der Waals surface area contributed by atoms with Crippen LogP contribution in [0.2, 0.25) is 0 Å². The zero-order valence-corrected chi connectivity index (χ0v) is 18.1. The van der Waals surface area contributed by atoms with Crippen LogP contribution >= 0.6 is 14.3 Å². The van der Waals surface area contributed by atoms with Crippen LogP contribution in [-0.4, -0.2) is 33.8 Å². The third-order valence-corrected chi connectivity index (χ3v) is 22.9. The van der Waals surface area contributed by atoms with Gasteiger partial charge in [0.2, 0.25) is 0 Å². The second-order valence-corrected chi connectivity index (χ2v) is 19.0. The Morgan fingerprint density at radius 1 is 0.840 bits per heavy atom. The van der Waals surface area contributed by atoms with Gasteiger partial charge in [0, 0.05) is 0 Å². The van der Waals surface area contributed by atoms with E-state index < -0.39 is 21.7 Å². The van der Waals surface area contributed by atoms with E-state index in [2.05, 4.69) is 6.58 Å². The van der Waals surface area contributed by atoms with Gasteiger partial charge in [-0.05, 0) is 32.9 Å². The Morgan fingerprint density at radius 3 is 1.48 bits per heavy atom. The van der Waals surface area contributed by atoms with Crippen molar-refractivity contribution in [3.05, 3.63) is 42.6 Å². The molecule has 6 nitrogen and oxygen atoms in total. The molecule has 0 saturated carbocycles. The molecule has 0 amide bonds. The highest BCUT2D eigenvalue weighted by atomic mass is 31.7. The van der Waals surface area contributed by atoms with Gasteiger partial charge in [-0.1, -0.05) is 36.0 Å². The van der Waals surface area contributed by atoms with Crippen molar-refractivity contribution in [3.8, 4) is 0 Å². The second kappa shape index (κ2) is 9.98. The van der Waals surface area contributed by atoms with Crippen molar-refractivity contribution in [1.29, 1.82) is 0 Å². The summed E-state index contributed by atoms with van der Waals surface area (Å²) in [6, 6.07) is 8.90. The van der Waals surface area contributed by atoms with E-state index in [1.54, 1.807) is 52.0 Å². The van der Waals surface area contributed by atoms with Crippen molar-refractivity contribution in [2.45, 2.75) is 27.7 Å². The van der Waals surface area contributed by atoms with E-state index >= 15 is 0 Å². The summed E-state index contributed by atoms with van der Waals surface area (Å²) in [7, 11) is -11.5. The molecule has 0 aliphatic rings. The van der Waals surface area contributed by atoms with Gasteiger partial charge >= 0.3 is 21.7 Å². The van der Waals surface area contributed by atoms with Gasteiger partial charge in [-0.3, -0.25) is 9.13 Å². The lowest BCUT2D eigenvalue weighted by atomic mass is 10.4. The molecule has 0 bridgehead atoms. The summed E-state index contributed by atoms with van der Waals surface area (Å²) in [5.74, 6) is 0. The summed E-state index contributed by atoms with van der Waals surface area (Å²) in [5.41, 5.74) is 1.46. The van der Waals surface area contributed by atoms with Gasteiger partial charge in [-0.15, -0.1) is 6.58 Å². The van der Waals surface area contributed by atoms with Gasteiger partial charge in [0.25, 0.3) is 0 Å². The van der Waals surface area contributed by atoms with Crippen molar-refractivity contribution in [2.75, 3.05) is 26.4 Å². The molecule has 142 valence electrons. The van der Waals surface area contributed by atoms with Gasteiger partial charge in [0.1, 0.15) is 0 Å². The maximum atomic E-state index is 13.9. The van der Waals surface area contributed by atoms with E-state index in [0.29, 0.717) is 5.19 Å². The minimum absolute atomic E-state index is 0.144. The molecule has 9 heteroatoms. The van der Waals surface area contributed by atoms with Crippen LogP contribution in [0.1, 0.15) is 27.7 Å². The van der Waals surface area contributed by atoms with Crippen LogP contribution in [0, 0.1) is 0 Å².